The number of aryl methyl sites for hydroxylation is 2. The predicted octanol–water partition coefficient (Wildman–Crippen LogP) is 2.35. The van der Waals surface area contributed by atoms with Gasteiger partial charge in [-0.2, -0.15) is 0 Å². The molecule has 1 rings (SSSR count). The number of hydrogen-bond donors (Lipinski definition) is 2. The van der Waals surface area contributed by atoms with Crippen molar-refractivity contribution in [1.82, 2.24) is 5.32 Å². The number of anilines is 1. The third-order valence-corrected chi connectivity index (χ3v) is 3.53. The zero-order chi connectivity index (χ0) is 16.2. The Morgan fingerprint density at radius 2 is 1.86 bits per heavy atom. The summed E-state index contributed by atoms with van der Waals surface area (Å²) in [4.78, 5) is 23.8. The Labute approximate surface area is 125 Å². The molecule has 21 heavy (non-hydrogen) atoms. The highest BCUT2D eigenvalue weighted by Gasteiger charge is 2.19. The number of nitrogen functional groups attached to an aromatic ring is 1. The number of carbonyl (C=O) groups excluding carboxylic acids is 2. The second-order valence-corrected chi connectivity index (χ2v) is 5.89. The topological polar surface area (TPSA) is 81.4 Å². The van der Waals surface area contributed by atoms with Crippen molar-refractivity contribution in [3.63, 3.8) is 0 Å². The summed E-state index contributed by atoms with van der Waals surface area (Å²) in [6.07, 6.45) is 0.792. The Bertz CT molecular complexity index is 551. The molecule has 0 saturated heterocycles. The first-order valence-corrected chi connectivity index (χ1v) is 7.01. The van der Waals surface area contributed by atoms with Crippen LogP contribution in [0.5, 0.6) is 0 Å². The molecule has 3 N–H and O–H groups in total. The first-order valence-electron chi connectivity index (χ1n) is 7.01. The van der Waals surface area contributed by atoms with E-state index in [0.29, 0.717) is 11.3 Å². The van der Waals surface area contributed by atoms with E-state index >= 15 is 0 Å². The van der Waals surface area contributed by atoms with Crippen molar-refractivity contribution < 1.29 is 14.3 Å². The van der Waals surface area contributed by atoms with Gasteiger partial charge in [-0.15, -0.1) is 0 Å². The van der Waals surface area contributed by atoms with Gasteiger partial charge in [-0.05, 0) is 51.3 Å². The number of hydrogen-bond acceptors (Lipinski definition) is 4. The van der Waals surface area contributed by atoms with E-state index in [1.807, 2.05) is 40.7 Å². The quantitative estimate of drug-likeness (QED) is 0.644. The summed E-state index contributed by atoms with van der Waals surface area (Å²) in [7, 11) is 0. The fourth-order valence-corrected chi connectivity index (χ4v) is 1.80. The molecule has 0 atom stereocenters. The molecule has 0 heterocycles. The third-order valence-electron chi connectivity index (χ3n) is 3.53. The Morgan fingerprint density at radius 3 is 2.43 bits per heavy atom. The number of benzene rings is 1. The first-order chi connectivity index (χ1) is 9.66. The number of amides is 1. The number of carbonyl (C=O) groups is 2. The molecule has 0 bridgehead atoms. The second-order valence-electron chi connectivity index (χ2n) is 5.89. The zero-order valence-electron chi connectivity index (χ0n) is 13.4. The van der Waals surface area contributed by atoms with Crippen LogP contribution in [0.3, 0.4) is 0 Å². The van der Waals surface area contributed by atoms with Crippen molar-refractivity contribution in [3.05, 3.63) is 28.8 Å². The van der Waals surface area contributed by atoms with Gasteiger partial charge in [0.15, 0.2) is 6.61 Å². The normalized spacial score (nSPS) is 11.1. The Morgan fingerprint density at radius 1 is 1.24 bits per heavy atom. The van der Waals surface area contributed by atoms with Gasteiger partial charge in [0, 0.05) is 11.2 Å². The fraction of sp³-hybridized carbons (Fsp3) is 0.500. The molecule has 0 fully saturated rings. The largest absolute Gasteiger partial charge is 0.452 e. The van der Waals surface area contributed by atoms with E-state index in [9.17, 15) is 9.59 Å². The lowest BCUT2D eigenvalue weighted by atomic mass is 10.0. The van der Waals surface area contributed by atoms with Gasteiger partial charge < -0.3 is 15.8 Å². The standard InChI is InChI=1S/C16H24N2O3/c1-6-16(4,5)18-14(19)9-21-15(20)12-8-13(17)11(3)7-10(12)2/h7-8H,6,9,17H2,1-5H3,(H,18,19). The first kappa shape index (κ1) is 17.0. The fourth-order valence-electron chi connectivity index (χ4n) is 1.80. The lowest BCUT2D eigenvalue weighted by Crippen LogP contribution is -2.44. The van der Waals surface area contributed by atoms with Crippen LogP contribution in [-0.4, -0.2) is 24.0 Å². The second kappa shape index (κ2) is 6.61. The molecule has 0 aliphatic carbocycles. The van der Waals surface area contributed by atoms with Crippen molar-refractivity contribution in [2.75, 3.05) is 12.3 Å². The van der Waals surface area contributed by atoms with Crippen molar-refractivity contribution in [2.45, 2.75) is 46.6 Å². The molecule has 0 aliphatic rings. The molecule has 0 spiro atoms. The molecular formula is C16H24N2O3. The van der Waals surface area contributed by atoms with Crippen LogP contribution in [0.4, 0.5) is 5.69 Å². The maximum atomic E-state index is 12.0. The van der Waals surface area contributed by atoms with E-state index < -0.39 is 5.97 Å². The molecule has 1 aromatic rings. The Balaban J connectivity index is 2.67. The Hall–Kier alpha value is -2.04. The van der Waals surface area contributed by atoms with Gasteiger partial charge in [0.05, 0.1) is 5.56 Å². The van der Waals surface area contributed by atoms with Gasteiger partial charge >= 0.3 is 5.97 Å². The highest BCUT2D eigenvalue weighted by molar-refractivity contribution is 5.93. The minimum absolute atomic E-state index is 0.296. The molecule has 116 valence electrons. The van der Waals surface area contributed by atoms with Crippen LogP contribution in [-0.2, 0) is 9.53 Å². The van der Waals surface area contributed by atoms with Crippen LogP contribution in [0.1, 0.15) is 48.7 Å². The minimum atomic E-state index is -0.538. The smallest absolute Gasteiger partial charge is 0.338 e. The SMILES string of the molecule is CCC(C)(C)NC(=O)COC(=O)c1cc(N)c(C)cc1C. The molecule has 0 radical (unpaired) electrons. The summed E-state index contributed by atoms with van der Waals surface area (Å²) >= 11 is 0. The number of nitrogens with one attached hydrogen (secondary N) is 1. The van der Waals surface area contributed by atoms with Crippen LogP contribution < -0.4 is 11.1 Å². The van der Waals surface area contributed by atoms with Crippen molar-refractivity contribution >= 4 is 17.6 Å². The number of ether oxygens (including phenoxy) is 1. The van der Waals surface area contributed by atoms with Gasteiger partial charge in [-0.25, -0.2) is 4.79 Å². The molecule has 1 aromatic carbocycles. The summed E-state index contributed by atoms with van der Waals surface area (Å²) in [6, 6.07) is 3.41. The average molecular weight is 292 g/mol. The lowest BCUT2D eigenvalue weighted by Gasteiger charge is -2.24. The van der Waals surface area contributed by atoms with Crippen LogP contribution in [0, 0.1) is 13.8 Å². The summed E-state index contributed by atoms with van der Waals surface area (Å²) in [5, 5.41) is 2.81. The Kier molecular flexibility index (Phi) is 5.35. The molecular weight excluding hydrogens is 268 g/mol. The van der Waals surface area contributed by atoms with Crippen LogP contribution >= 0.6 is 0 Å². The third kappa shape index (κ3) is 4.77. The van der Waals surface area contributed by atoms with Gasteiger partial charge in [0.2, 0.25) is 0 Å². The maximum Gasteiger partial charge on any atom is 0.338 e. The van der Waals surface area contributed by atoms with E-state index in [2.05, 4.69) is 5.32 Å². The van der Waals surface area contributed by atoms with Gasteiger partial charge in [0.25, 0.3) is 5.91 Å². The molecule has 0 aliphatic heterocycles. The highest BCUT2D eigenvalue weighted by Crippen LogP contribution is 2.18. The van der Waals surface area contributed by atoms with Crippen LogP contribution in [0.15, 0.2) is 12.1 Å². The molecule has 1 amide bonds. The minimum Gasteiger partial charge on any atom is -0.452 e. The monoisotopic (exact) mass is 292 g/mol. The van der Waals surface area contributed by atoms with E-state index in [-0.39, 0.29) is 18.1 Å². The number of rotatable bonds is 5. The predicted molar refractivity (Wildman–Crippen MR) is 83.1 cm³/mol. The summed E-state index contributed by atoms with van der Waals surface area (Å²) < 4.78 is 5.05. The molecule has 0 aromatic heterocycles. The van der Waals surface area contributed by atoms with Crippen molar-refractivity contribution in [2.24, 2.45) is 0 Å². The molecule has 0 saturated carbocycles. The van der Waals surface area contributed by atoms with Gasteiger partial charge in [0.1, 0.15) is 0 Å². The van der Waals surface area contributed by atoms with Crippen LogP contribution in [0.25, 0.3) is 0 Å². The molecule has 5 nitrogen and oxygen atoms in total. The summed E-state index contributed by atoms with van der Waals surface area (Å²) in [5.41, 5.74) is 8.09. The van der Waals surface area contributed by atoms with Gasteiger partial charge in [-0.1, -0.05) is 13.0 Å². The van der Waals surface area contributed by atoms with E-state index in [1.165, 1.54) is 0 Å². The molecule has 0 unspecified atom stereocenters. The van der Waals surface area contributed by atoms with Crippen LogP contribution in [0.2, 0.25) is 0 Å². The zero-order valence-corrected chi connectivity index (χ0v) is 13.4. The lowest BCUT2D eigenvalue weighted by molar-refractivity contribution is -0.125. The van der Waals surface area contributed by atoms with Crippen molar-refractivity contribution in [1.29, 1.82) is 0 Å². The molecule has 5 heteroatoms. The van der Waals surface area contributed by atoms with Gasteiger partial charge in [-0.3, -0.25) is 4.79 Å². The summed E-state index contributed by atoms with van der Waals surface area (Å²) in [6.45, 7) is 9.19. The maximum absolute atomic E-state index is 12.0. The number of esters is 1. The van der Waals surface area contributed by atoms with E-state index in [1.54, 1.807) is 6.07 Å². The highest BCUT2D eigenvalue weighted by atomic mass is 16.5. The van der Waals surface area contributed by atoms with E-state index in [4.69, 9.17) is 10.5 Å². The van der Waals surface area contributed by atoms with E-state index in [0.717, 1.165) is 17.5 Å². The average Bonchev–Trinajstić information content (AvgIpc) is 2.39. The number of nitrogens with two attached hydrogens (primary N) is 1. The van der Waals surface area contributed by atoms with Crippen molar-refractivity contribution in [3.8, 4) is 0 Å². The summed E-state index contributed by atoms with van der Waals surface area (Å²) in [5.74, 6) is -0.850.